The molecule has 2 N–H and O–H groups in total. The van der Waals surface area contributed by atoms with Crippen LogP contribution in [0, 0.1) is 0 Å². The molecule has 0 unspecified atom stereocenters. The predicted octanol–water partition coefficient (Wildman–Crippen LogP) is 1.21. The zero-order chi connectivity index (χ0) is 13.3. The molecule has 2 heterocycles. The van der Waals surface area contributed by atoms with Crippen LogP contribution in [0.25, 0.3) is 10.9 Å². The van der Waals surface area contributed by atoms with Gasteiger partial charge >= 0.3 is 0 Å². The van der Waals surface area contributed by atoms with E-state index in [4.69, 9.17) is 4.74 Å². The summed E-state index contributed by atoms with van der Waals surface area (Å²) in [6.45, 7) is 1.61. The number of aromatic nitrogens is 2. The Kier molecular flexibility index (Phi) is 3.08. The number of nitrogens with one attached hydrogen (secondary N) is 1. The molecule has 1 aliphatic heterocycles. The Labute approximate surface area is 111 Å². The van der Waals surface area contributed by atoms with Crippen LogP contribution >= 0.6 is 0 Å². The molecule has 1 aromatic carbocycles. The molecule has 0 bridgehead atoms. The van der Waals surface area contributed by atoms with Crippen LogP contribution in [-0.4, -0.2) is 35.3 Å². The molecule has 0 spiro atoms. The Bertz CT molecular complexity index is 594. The van der Waals surface area contributed by atoms with E-state index in [1.165, 1.54) is 6.33 Å². The first-order valence-electron chi connectivity index (χ1n) is 6.45. The third-order valence-corrected chi connectivity index (χ3v) is 3.72. The first kappa shape index (κ1) is 12.3. The van der Waals surface area contributed by atoms with Gasteiger partial charge in [0.1, 0.15) is 17.7 Å². The summed E-state index contributed by atoms with van der Waals surface area (Å²) in [6.07, 6.45) is 2.85. The number of methoxy groups -OCH3 is 1. The van der Waals surface area contributed by atoms with Gasteiger partial charge in [-0.05, 0) is 38.1 Å². The lowest BCUT2D eigenvalue weighted by molar-refractivity contribution is 0.00331. The maximum atomic E-state index is 10.8. The highest BCUT2D eigenvalue weighted by Gasteiger charge is 2.34. The Morgan fingerprint density at radius 3 is 2.79 bits per heavy atom. The molecule has 0 radical (unpaired) electrons. The van der Waals surface area contributed by atoms with E-state index < -0.39 is 5.60 Å². The molecule has 2 aromatic rings. The van der Waals surface area contributed by atoms with Crippen molar-refractivity contribution in [1.29, 1.82) is 0 Å². The minimum Gasteiger partial charge on any atom is -0.497 e. The third kappa shape index (κ3) is 2.15. The van der Waals surface area contributed by atoms with Crippen LogP contribution in [0.3, 0.4) is 0 Å². The van der Waals surface area contributed by atoms with Crippen LogP contribution in [-0.2, 0) is 5.60 Å². The van der Waals surface area contributed by atoms with E-state index in [1.54, 1.807) is 7.11 Å². The Morgan fingerprint density at radius 1 is 1.26 bits per heavy atom. The van der Waals surface area contributed by atoms with Crippen molar-refractivity contribution in [1.82, 2.24) is 15.3 Å². The number of nitrogens with zero attached hydrogens (tertiary/aromatic N) is 2. The molecule has 1 aliphatic rings. The number of hydrogen-bond donors (Lipinski definition) is 2. The van der Waals surface area contributed by atoms with Crippen molar-refractivity contribution < 1.29 is 9.84 Å². The monoisotopic (exact) mass is 259 g/mol. The second-order valence-corrected chi connectivity index (χ2v) is 4.89. The smallest absolute Gasteiger partial charge is 0.121 e. The van der Waals surface area contributed by atoms with Gasteiger partial charge in [0.05, 0.1) is 18.3 Å². The highest BCUT2D eigenvalue weighted by molar-refractivity contribution is 5.82. The number of fused-ring (bicyclic) bond motifs is 1. The Balaban J connectivity index is 2.13. The van der Waals surface area contributed by atoms with Crippen molar-refractivity contribution in [3.8, 4) is 5.75 Å². The second-order valence-electron chi connectivity index (χ2n) is 4.89. The average molecular weight is 259 g/mol. The van der Waals surface area contributed by atoms with E-state index in [-0.39, 0.29) is 0 Å². The molecule has 5 nitrogen and oxygen atoms in total. The number of benzene rings is 1. The third-order valence-electron chi connectivity index (χ3n) is 3.72. The largest absolute Gasteiger partial charge is 0.497 e. The van der Waals surface area contributed by atoms with Crippen molar-refractivity contribution >= 4 is 10.9 Å². The Morgan fingerprint density at radius 2 is 2.05 bits per heavy atom. The van der Waals surface area contributed by atoms with Gasteiger partial charge in [-0.1, -0.05) is 0 Å². The van der Waals surface area contributed by atoms with Gasteiger partial charge in [-0.15, -0.1) is 0 Å². The lowest BCUT2D eigenvalue weighted by atomic mass is 9.87. The van der Waals surface area contributed by atoms with Crippen molar-refractivity contribution in [2.45, 2.75) is 18.4 Å². The summed E-state index contributed by atoms with van der Waals surface area (Å²) in [6, 6.07) is 5.66. The van der Waals surface area contributed by atoms with Gasteiger partial charge in [0.25, 0.3) is 0 Å². The topological polar surface area (TPSA) is 67.3 Å². The summed E-state index contributed by atoms with van der Waals surface area (Å²) in [7, 11) is 1.63. The fourth-order valence-corrected chi connectivity index (χ4v) is 2.61. The molecular formula is C14H17N3O2. The lowest BCUT2D eigenvalue weighted by Crippen LogP contribution is -2.40. The van der Waals surface area contributed by atoms with E-state index in [9.17, 15) is 5.11 Å². The van der Waals surface area contributed by atoms with Gasteiger partial charge in [0, 0.05) is 11.5 Å². The summed E-state index contributed by atoms with van der Waals surface area (Å²) in [5, 5.41) is 15.0. The molecular weight excluding hydrogens is 242 g/mol. The summed E-state index contributed by atoms with van der Waals surface area (Å²) >= 11 is 0. The number of aliphatic hydroxyl groups is 1. The summed E-state index contributed by atoms with van der Waals surface area (Å²) in [5.74, 6) is 0.759. The highest BCUT2D eigenvalue weighted by atomic mass is 16.5. The fourth-order valence-electron chi connectivity index (χ4n) is 2.61. The van der Waals surface area contributed by atoms with Crippen molar-refractivity contribution in [3.05, 3.63) is 30.2 Å². The standard InChI is InChI=1S/C14H17N3O2/c1-19-10-2-3-11-12(8-10)16-9-17-13(11)14(18)4-6-15-7-5-14/h2-3,8-9,15,18H,4-7H2,1H3. The van der Waals surface area contributed by atoms with Gasteiger partial charge in [-0.25, -0.2) is 9.97 Å². The van der Waals surface area contributed by atoms with Gasteiger partial charge < -0.3 is 15.2 Å². The maximum Gasteiger partial charge on any atom is 0.121 e. The molecule has 1 fully saturated rings. The SMILES string of the molecule is COc1ccc2c(C3(O)CCNCC3)ncnc2c1. The van der Waals surface area contributed by atoms with Crippen molar-refractivity contribution in [3.63, 3.8) is 0 Å². The second kappa shape index (κ2) is 4.75. The van der Waals surface area contributed by atoms with Crippen LogP contribution in [0.15, 0.2) is 24.5 Å². The number of rotatable bonds is 2. The van der Waals surface area contributed by atoms with Crippen LogP contribution in [0.4, 0.5) is 0 Å². The van der Waals surface area contributed by atoms with Gasteiger partial charge in [-0.3, -0.25) is 0 Å². The van der Waals surface area contributed by atoms with Gasteiger partial charge in [0.15, 0.2) is 0 Å². The molecule has 0 amide bonds. The lowest BCUT2D eigenvalue weighted by Gasteiger charge is -2.32. The van der Waals surface area contributed by atoms with E-state index >= 15 is 0 Å². The molecule has 19 heavy (non-hydrogen) atoms. The minimum atomic E-state index is -0.860. The molecule has 0 aliphatic carbocycles. The molecule has 1 saturated heterocycles. The number of ether oxygens (including phenoxy) is 1. The summed E-state index contributed by atoms with van der Waals surface area (Å²) < 4.78 is 5.20. The number of hydrogen-bond acceptors (Lipinski definition) is 5. The maximum absolute atomic E-state index is 10.8. The van der Waals surface area contributed by atoms with E-state index in [0.29, 0.717) is 12.8 Å². The molecule has 0 saturated carbocycles. The Hall–Kier alpha value is -1.72. The highest BCUT2D eigenvalue weighted by Crippen LogP contribution is 2.33. The molecule has 1 aromatic heterocycles. The molecule has 5 heteroatoms. The summed E-state index contributed by atoms with van der Waals surface area (Å²) in [4.78, 5) is 8.59. The molecule has 3 rings (SSSR count). The molecule has 100 valence electrons. The predicted molar refractivity (Wildman–Crippen MR) is 72.1 cm³/mol. The van der Waals surface area contributed by atoms with E-state index in [1.807, 2.05) is 18.2 Å². The zero-order valence-corrected chi connectivity index (χ0v) is 10.9. The van der Waals surface area contributed by atoms with Crippen LogP contribution < -0.4 is 10.1 Å². The van der Waals surface area contributed by atoms with Gasteiger partial charge in [0.2, 0.25) is 0 Å². The van der Waals surface area contributed by atoms with Crippen LogP contribution in [0.1, 0.15) is 18.5 Å². The first-order chi connectivity index (χ1) is 9.23. The van der Waals surface area contributed by atoms with E-state index in [0.717, 1.165) is 35.4 Å². The van der Waals surface area contributed by atoms with Crippen LogP contribution in [0.5, 0.6) is 5.75 Å². The zero-order valence-electron chi connectivity index (χ0n) is 10.9. The quantitative estimate of drug-likeness (QED) is 0.848. The first-order valence-corrected chi connectivity index (χ1v) is 6.45. The van der Waals surface area contributed by atoms with Crippen LogP contribution in [0.2, 0.25) is 0 Å². The number of piperidine rings is 1. The minimum absolute atomic E-state index is 0.672. The fraction of sp³-hybridized carbons (Fsp3) is 0.429. The average Bonchev–Trinajstić information content (AvgIpc) is 2.46. The van der Waals surface area contributed by atoms with E-state index in [2.05, 4.69) is 15.3 Å². The molecule has 0 atom stereocenters. The normalized spacial score (nSPS) is 18.4. The summed E-state index contributed by atoms with van der Waals surface area (Å²) in [5.41, 5.74) is 0.666. The van der Waals surface area contributed by atoms with Crippen molar-refractivity contribution in [2.75, 3.05) is 20.2 Å². The van der Waals surface area contributed by atoms with Crippen molar-refractivity contribution in [2.24, 2.45) is 0 Å². The van der Waals surface area contributed by atoms with Gasteiger partial charge in [-0.2, -0.15) is 0 Å².